The van der Waals surface area contributed by atoms with E-state index in [0.29, 0.717) is 5.92 Å². The molecule has 1 aromatic rings. The minimum Gasteiger partial charge on any atom is -0.312 e. The molecule has 1 saturated carbocycles. The van der Waals surface area contributed by atoms with Gasteiger partial charge in [-0.2, -0.15) is 0 Å². The summed E-state index contributed by atoms with van der Waals surface area (Å²) in [5, 5.41) is 0. The number of carbonyl (C=O) groups excluding carboxylic acids is 1. The molecule has 0 aromatic heterocycles. The van der Waals surface area contributed by atoms with E-state index in [0.717, 1.165) is 17.8 Å². The molecule has 6 heteroatoms. The highest BCUT2D eigenvalue weighted by molar-refractivity contribution is 8.13. The Kier molecular flexibility index (Phi) is 3.06. The van der Waals surface area contributed by atoms with Crippen molar-refractivity contribution in [1.29, 1.82) is 0 Å². The summed E-state index contributed by atoms with van der Waals surface area (Å²) in [5.74, 6) is 0.636. The lowest BCUT2D eigenvalue weighted by atomic mass is 9.85. The highest BCUT2D eigenvalue weighted by Gasteiger charge is 2.31. The molecule has 0 radical (unpaired) electrons. The van der Waals surface area contributed by atoms with Crippen LogP contribution in [0.2, 0.25) is 0 Å². The molecule has 1 heterocycles. The van der Waals surface area contributed by atoms with Crippen molar-refractivity contribution in [3.8, 4) is 0 Å². The summed E-state index contributed by atoms with van der Waals surface area (Å²) in [5.41, 5.74) is 1.59. The zero-order chi connectivity index (χ0) is 13.6. The Morgan fingerprint density at radius 3 is 2.63 bits per heavy atom. The van der Waals surface area contributed by atoms with Gasteiger partial charge in [-0.15, -0.1) is 0 Å². The first-order valence-corrected chi connectivity index (χ1v) is 8.64. The first-order valence-electron chi connectivity index (χ1n) is 6.33. The standard InChI is InChI=1S/C13H14ClNO3S/c14-19(17,18)11-4-5-12-10(6-11)7-13(16)15(12)8-9-2-1-3-9/h4-6,9H,1-3,7-8H2. The highest BCUT2D eigenvalue weighted by atomic mass is 35.7. The second-order valence-electron chi connectivity index (χ2n) is 5.21. The van der Waals surface area contributed by atoms with E-state index >= 15 is 0 Å². The minimum absolute atomic E-state index is 0.0472. The maximum absolute atomic E-state index is 12.0. The molecule has 3 rings (SSSR count). The average Bonchev–Trinajstić information content (AvgIpc) is 2.57. The summed E-state index contributed by atoms with van der Waals surface area (Å²) >= 11 is 0. The fourth-order valence-electron chi connectivity index (χ4n) is 2.64. The Balaban J connectivity index is 1.91. The van der Waals surface area contributed by atoms with Gasteiger partial charge in [-0.3, -0.25) is 4.79 Å². The van der Waals surface area contributed by atoms with Crippen LogP contribution >= 0.6 is 10.7 Å². The molecule has 0 saturated heterocycles. The molecule has 4 nitrogen and oxygen atoms in total. The van der Waals surface area contributed by atoms with Gasteiger partial charge in [0.1, 0.15) is 0 Å². The number of nitrogens with zero attached hydrogens (tertiary/aromatic N) is 1. The molecule has 102 valence electrons. The van der Waals surface area contributed by atoms with Gasteiger partial charge in [-0.1, -0.05) is 6.42 Å². The van der Waals surface area contributed by atoms with Crippen LogP contribution in [0.25, 0.3) is 0 Å². The van der Waals surface area contributed by atoms with Crippen molar-refractivity contribution in [2.45, 2.75) is 30.6 Å². The van der Waals surface area contributed by atoms with Crippen molar-refractivity contribution >= 4 is 31.3 Å². The summed E-state index contributed by atoms with van der Waals surface area (Å²) in [6.45, 7) is 0.749. The smallest absolute Gasteiger partial charge is 0.261 e. The number of hydrogen-bond donors (Lipinski definition) is 0. The summed E-state index contributed by atoms with van der Waals surface area (Å²) in [6.07, 6.45) is 3.85. The van der Waals surface area contributed by atoms with Crippen LogP contribution in [-0.4, -0.2) is 20.9 Å². The molecule has 0 unspecified atom stereocenters. The molecule has 0 N–H and O–H groups in total. The van der Waals surface area contributed by atoms with Gasteiger partial charge in [0.15, 0.2) is 0 Å². The maximum atomic E-state index is 12.0. The summed E-state index contributed by atoms with van der Waals surface area (Å²) < 4.78 is 22.6. The van der Waals surface area contributed by atoms with E-state index in [4.69, 9.17) is 10.7 Å². The van der Waals surface area contributed by atoms with Crippen molar-refractivity contribution in [3.05, 3.63) is 23.8 Å². The van der Waals surface area contributed by atoms with Gasteiger partial charge in [0.05, 0.1) is 11.3 Å². The first-order chi connectivity index (χ1) is 8.95. The molecule has 1 amide bonds. The number of anilines is 1. The van der Waals surface area contributed by atoms with Crippen LogP contribution in [0.15, 0.2) is 23.1 Å². The second kappa shape index (κ2) is 4.49. The van der Waals surface area contributed by atoms with Crippen LogP contribution in [0.4, 0.5) is 5.69 Å². The normalized spacial score (nSPS) is 19.4. The molecule has 19 heavy (non-hydrogen) atoms. The number of fused-ring (bicyclic) bond motifs is 1. The van der Waals surface area contributed by atoms with Gasteiger partial charge in [0.25, 0.3) is 9.05 Å². The Bertz CT molecular complexity index is 637. The molecule has 0 spiro atoms. The van der Waals surface area contributed by atoms with Crippen molar-refractivity contribution in [2.75, 3.05) is 11.4 Å². The van der Waals surface area contributed by atoms with E-state index in [1.807, 2.05) is 0 Å². The van der Waals surface area contributed by atoms with E-state index in [1.165, 1.54) is 31.4 Å². The third-order valence-corrected chi connectivity index (χ3v) is 5.28. The number of benzene rings is 1. The van der Waals surface area contributed by atoms with Gasteiger partial charge in [0, 0.05) is 22.9 Å². The van der Waals surface area contributed by atoms with Crippen LogP contribution in [0.3, 0.4) is 0 Å². The molecule has 1 aliphatic carbocycles. The monoisotopic (exact) mass is 299 g/mol. The topological polar surface area (TPSA) is 54.5 Å². The van der Waals surface area contributed by atoms with Crippen molar-refractivity contribution in [1.82, 2.24) is 0 Å². The minimum atomic E-state index is -3.73. The number of carbonyl (C=O) groups is 1. The molecule has 0 atom stereocenters. The van der Waals surface area contributed by atoms with Crippen molar-refractivity contribution < 1.29 is 13.2 Å². The SMILES string of the molecule is O=C1Cc2cc(S(=O)(=O)Cl)ccc2N1CC1CCC1. The molecule has 1 fully saturated rings. The van der Waals surface area contributed by atoms with Crippen molar-refractivity contribution in [2.24, 2.45) is 5.92 Å². The van der Waals surface area contributed by atoms with Crippen LogP contribution in [0.5, 0.6) is 0 Å². The zero-order valence-corrected chi connectivity index (χ0v) is 11.9. The Morgan fingerprint density at radius 1 is 1.32 bits per heavy atom. The Morgan fingerprint density at radius 2 is 2.05 bits per heavy atom. The lowest BCUT2D eigenvalue weighted by molar-refractivity contribution is -0.117. The summed E-state index contributed by atoms with van der Waals surface area (Å²) in [7, 11) is 1.59. The van der Waals surface area contributed by atoms with Gasteiger partial charge in [-0.25, -0.2) is 8.42 Å². The van der Waals surface area contributed by atoms with Gasteiger partial charge >= 0.3 is 0 Å². The predicted octanol–water partition coefficient (Wildman–Crippen LogP) is 2.30. The zero-order valence-electron chi connectivity index (χ0n) is 10.3. The van der Waals surface area contributed by atoms with E-state index in [2.05, 4.69) is 0 Å². The highest BCUT2D eigenvalue weighted by Crippen LogP contribution is 2.35. The van der Waals surface area contributed by atoms with Gasteiger partial charge in [0.2, 0.25) is 5.91 Å². The van der Waals surface area contributed by atoms with Crippen LogP contribution < -0.4 is 4.90 Å². The quantitative estimate of drug-likeness (QED) is 0.805. The lowest BCUT2D eigenvalue weighted by Crippen LogP contribution is -2.34. The third-order valence-electron chi connectivity index (χ3n) is 3.93. The summed E-state index contributed by atoms with van der Waals surface area (Å²) in [6, 6.07) is 4.66. The molecular formula is C13H14ClNO3S. The third kappa shape index (κ3) is 2.37. The molecule has 1 aromatic carbocycles. The average molecular weight is 300 g/mol. The Hall–Kier alpha value is -1.07. The largest absolute Gasteiger partial charge is 0.312 e. The summed E-state index contributed by atoms with van der Waals surface area (Å²) in [4.78, 5) is 13.9. The van der Waals surface area contributed by atoms with Crippen molar-refractivity contribution in [3.63, 3.8) is 0 Å². The maximum Gasteiger partial charge on any atom is 0.261 e. The fraction of sp³-hybridized carbons (Fsp3) is 0.462. The Labute approximate surface area is 116 Å². The molecular weight excluding hydrogens is 286 g/mol. The van der Waals surface area contributed by atoms with E-state index in [9.17, 15) is 13.2 Å². The van der Waals surface area contributed by atoms with E-state index in [1.54, 1.807) is 11.0 Å². The first kappa shape index (κ1) is 12.9. The van der Waals surface area contributed by atoms with Crippen LogP contribution in [-0.2, 0) is 20.3 Å². The van der Waals surface area contributed by atoms with E-state index < -0.39 is 9.05 Å². The number of rotatable bonds is 3. The lowest BCUT2D eigenvalue weighted by Gasteiger charge is -2.30. The molecule has 0 bridgehead atoms. The number of halogens is 1. The fourth-order valence-corrected chi connectivity index (χ4v) is 3.45. The molecule has 2 aliphatic rings. The molecule has 1 aliphatic heterocycles. The number of hydrogen-bond acceptors (Lipinski definition) is 3. The van der Waals surface area contributed by atoms with Crippen LogP contribution in [0.1, 0.15) is 24.8 Å². The van der Waals surface area contributed by atoms with Gasteiger partial charge in [-0.05, 0) is 42.5 Å². The van der Waals surface area contributed by atoms with E-state index in [-0.39, 0.29) is 17.2 Å². The number of amides is 1. The second-order valence-corrected chi connectivity index (χ2v) is 7.77. The predicted molar refractivity (Wildman–Crippen MR) is 72.9 cm³/mol. The van der Waals surface area contributed by atoms with Crippen LogP contribution in [0, 0.1) is 5.92 Å². The van der Waals surface area contributed by atoms with Gasteiger partial charge < -0.3 is 4.90 Å².